The van der Waals surface area contributed by atoms with Gasteiger partial charge in [-0.2, -0.15) is 4.31 Å². The molecule has 1 N–H and O–H groups in total. The zero-order valence-corrected chi connectivity index (χ0v) is 17.0. The molecular weight excluding hydrogens is 374 g/mol. The molecule has 0 saturated carbocycles. The molecule has 2 saturated heterocycles. The molecule has 146 valence electrons. The molecule has 0 bridgehead atoms. The predicted octanol–water partition coefficient (Wildman–Crippen LogP) is 2.11. The quantitative estimate of drug-likeness (QED) is 0.842. The lowest BCUT2D eigenvalue weighted by Gasteiger charge is -2.34. The summed E-state index contributed by atoms with van der Waals surface area (Å²) in [6, 6.07) is 6.57. The third-order valence-electron chi connectivity index (χ3n) is 5.21. The molecule has 1 amide bonds. The van der Waals surface area contributed by atoms with Crippen molar-refractivity contribution < 1.29 is 13.2 Å². The van der Waals surface area contributed by atoms with Crippen molar-refractivity contribution in [3.63, 3.8) is 0 Å². The fourth-order valence-corrected chi connectivity index (χ4v) is 5.34. The molecule has 3 rings (SSSR count). The average molecular weight is 402 g/mol. The van der Waals surface area contributed by atoms with E-state index in [9.17, 15) is 13.2 Å². The predicted molar refractivity (Wildman–Crippen MR) is 104 cm³/mol. The minimum absolute atomic E-state index is 0. The van der Waals surface area contributed by atoms with Crippen molar-refractivity contribution in [1.29, 1.82) is 0 Å². The Balaban J connectivity index is 0.00000243. The number of benzene rings is 1. The van der Waals surface area contributed by atoms with E-state index >= 15 is 0 Å². The van der Waals surface area contributed by atoms with Gasteiger partial charge in [0.25, 0.3) is 5.91 Å². The van der Waals surface area contributed by atoms with Crippen LogP contribution in [0.3, 0.4) is 0 Å². The van der Waals surface area contributed by atoms with Crippen molar-refractivity contribution in [2.75, 3.05) is 26.2 Å². The molecule has 1 aromatic carbocycles. The summed E-state index contributed by atoms with van der Waals surface area (Å²) >= 11 is 0. The number of nitrogens with zero attached hydrogens (tertiary/aromatic N) is 2. The highest BCUT2D eigenvalue weighted by Gasteiger charge is 2.31. The number of halogens is 1. The largest absolute Gasteiger partial charge is 0.333 e. The van der Waals surface area contributed by atoms with Crippen molar-refractivity contribution in [2.24, 2.45) is 0 Å². The van der Waals surface area contributed by atoms with E-state index in [0.717, 1.165) is 32.4 Å². The molecule has 2 atom stereocenters. The van der Waals surface area contributed by atoms with Crippen LogP contribution in [0.4, 0.5) is 0 Å². The van der Waals surface area contributed by atoms with Gasteiger partial charge < -0.3 is 10.2 Å². The molecule has 2 fully saturated rings. The zero-order chi connectivity index (χ0) is 18.0. The number of carbonyl (C=O) groups excluding carboxylic acids is 1. The van der Waals surface area contributed by atoms with Crippen LogP contribution in [0.1, 0.15) is 43.5 Å². The minimum atomic E-state index is -3.49. The van der Waals surface area contributed by atoms with Crippen LogP contribution in [0.2, 0.25) is 0 Å². The van der Waals surface area contributed by atoms with Crippen molar-refractivity contribution in [3.8, 4) is 0 Å². The van der Waals surface area contributed by atoms with Gasteiger partial charge in [0, 0.05) is 43.8 Å². The average Bonchev–Trinajstić information content (AvgIpc) is 2.62. The fraction of sp³-hybridized carbons (Fsp3) is 0.611. The van der Waals surface area contributed by atoms with Gasteiger partial charge >= 0.3 is 0 Å². The molecule has 0 aromatic heterocycles. The number of nitrogens with one attached hydrogen (secondary N) is 1. The van der Waals surface area contributed by atoms with E-state index in [1.807, 2.05) is 18.7 Å². The van der Waals surface area contributed by atoms with E-state index in [-0.39, 0.29) is 35.3 Å². The zero-order valence-electron chi connectivity index (χ0n) is 15.3. The summed E-state index contributed by atoms with van der Waals surface area (Å²) < 4.78 is 27.3. The standard InChI is InChI=1S/C18H27N3O3S.ClH/c1-14-5-3-4-11-21(14)25(23,24)17-8-6-16(7-9-17)18(22)20-12-10-19-13-15(20)2;/h6-9,14-15,19H,3-5,10-13H2,1-2H3;1H/t14?,15-;/m0./s1. The molecule has 0 radical (unpaired) electrons. The smallest absolute Gasteiger partial charge is 0.254 e. The molecule has 2 heterocycles. The highest BCUT2D eigenvalue weighted by molar-refractivity contribution is 7.89. The maximum Gasteiger partial charge on any atom is 0.254 e. The normalized spacial score (nSPS) is 24.8. The number of amides is 1. The monoisotopic (exact) mass is 401 g/mol. The number of carbonyl (C=O) groups is 1. The van der Waals surface area contributed by atoms with E-state index in [0.29, 0.717) is 18.7 Å². The molecule has 8 heteroatoms. The second kappa shape index (κ2) is 8.69. The van der Waals surface area contributed by atoms with Crippen molar-refractivity contribution in [1.82, 2.24) is 14.5 Å². The van der Waals surface area contributed by atoms with Gasteiger partial charge in [0.05, 0.1) is 4.90 Å². The summed E-state index contributed by atoms with van der Waals surface area (Å²) in [6.07, 6.45) is 2.88. The van der Waals surface area contributed by atoms with Crippen LogP contribution in [-0.2, 0) is 10.0 Å². The van der Waals surface area contributed by atoms with Crippen LogP contribution < -0.4 is 5.32 Å². The number of piperazine rings is 1. The van der Waals surface area contributed by atoms with Gasteiger partial charge in [-0.3, -0.25) is 4.79 Å². The summed E-state index contributed by atoms with van der Waals surface area (Å²) in [5, 5.41) is 3.26. The number of piperidine rings is 1. The van der Waals surface area contributed by atoms with E-state index in [1.54, 1.807) is 28.6 Å². The Kier molecular flexibility index (Phi) is 7.07. The Hall–Kier alpha value is -1.15. The highest BCUT2D eigenvalue weighted by Crippen LogP contribution is 2.25. The van der Waals surface area contributed by atoms with Gasteiger partial charge in [0.1, 0.15) is 0 Å². The van der Waals surface area contributed by atoms with Gasteiger partial charge in [-0.15, -0.1) is 12.4 Å². The van der Waals surface area contributed by atoms with Crippen molar-refractivity contribution in [2.45, 2.75) is 50.1 Å². The van der Waals surface area contributed by atoms with Crippen LogP contribution >= 0.6 is 12.4 Å². The minimum Gasteiger partial charge on any atom is -0.333 e. The molecule has 6 nitrogen and oxygen atoms in total. The van der Waals surface area contributed by atoms with E-state index in [1.165, 1.54) is 0 Å². The Labute approximate surface area is 162 Å². The first-order chi connectivity index (χ1) is 11.9. The lowest BCUT2D eigenvalue weighted by Crippen LogP contribution is -2.52. The Morgan fingerprint density at radius 1 is 1.08 bits per heavy atom. The maximum atomic E-state index is 12.9. The number of sulfonamides is 1. The van der Waals surface area contributed by atoms with Gasteiger partial charge in [0.2, 0.25) is 10.0 Å². The number of rotatable bonds is 3. The highest BCUT2D eigenvalue weighted by atomic mass is 35.5. The maximum absolute atomic E-state index is 12.9. The Morgan fingerprint density at radius 3 is 2.38 bits per heavy atom. The van der Waals surface area contributed by atoms with Crippen LogP contribution in [0.15, 0.2) is 29.2 Å². The molecule has 0 aliphatic carbocycles. The lowest BCUT2D eigenvalue weighted by atomic mass is 10.1. The summed E-state index contributed by atoms with van der Waals surface area (Å²) in [4.78, 5) is 14.8. The molecule has 26 heavy (non-hydrogen) atoms. The summed E-state index contributed by atoms with van der Waals surface area (Å²) in [6.45, 7) is 6.79. The summed E-state index contributed by atoms with van der Waals surface area (Å²) in [5.41, 5.74) is 0.541. The second-order valence-corrected chi connectivity index (χ2v) is 8.93. The van der Waals surface area contributed by atoms with E-state index in [2.05, 4.69) is 5.32 Å². The van der Waals surface area contributed by atoms with Crippen LogP contribution in [0.25, 0.3) is 0 Å². The molecule has 2 aliphatic rings. The fourth-order valence-electron chi connectivity index (χ4n) is 3.64. The van der Waals surface area contributed by atoms with Crippen LogP contribution in [0.5, 0.6) is 0 Å². The first kappa shape index (κ1) is 21.2. The number of hydrogen-bond acceptors (Lipinski definition) is 4. The molecule has 1 unspecified atom stereocenters. The molecule has 2 aliphatic heterocycles. The van der Waals surface area contributed by atoms with E-state index in [4.69, 9.17) is 0 Å². The summed E-state index contributed by atoms with van der Waals surface area (Å²) in [7, 11) is -3.49. The van der Waals surface area contributed by atoms with Gasteiger partial charge in [-0.25, -0.2) is 8.42 Å². The van der Waals surface area contributed by atoms with Gasteiger partial charge in [0.15, 0.2) is 0 Å². The van der Waals surface area contributed by atoms with Crippen LogP contribution in [-0.4, -0.2) is 61.8 Å². The second-order valence-electron chi connectivity index (χ2n) is 7.04. The Morgan fingerprint density at radius 2 is 1.77 bits per heavy atom. The van der Waals surface area contributed by atoms with E-state index < -0.39 is 10.0 Å². The third-order valence-corrected chi connectivity index (χ3v) is 7.24. The van der Waals surface area contributed by atoms with Crippen molar-refractivity contribution >= 4 is 28.3 Å². The first-order valence-electron chi connectivity index (χ1n) is 9.05. The van der Waals surface area contributed by atoms with Crippen molar-refractivity contribution in [3.05, 3.63) is 29.8 Å². The molecule has 1 aromatic rings. The third kappa shape index (κ3) is 4.22. The van der Waals surface area contributed by atoms with Gasteiger partial charge in [-0.05, 0) is 51.0 Å². The molecule has 0 spiro atoms. The topological polar surface area (TPSA) is 69.7 Å². The summed E-state index contributed by atoms with van der Waals surface area (Å²) in [5.74, 6) is -0.0377. The lowest BCUT2D eigenvalue weighted by molar-refractivity contribution is 0.0655. The first-order valence-corrected chi connectivity index (χ1v) is 10.5. The van der Waals surface area contributed by atoms with Crippen LogP contribution in [0, 0.1) is 0 Å². The molecular formula is C18H28ClN3O3S. The Bertz CT molecular complexity index is 724. The number of hydrogen-bond donors (Lipinski definition) is 1. The SMILES string of the molecule is CC1CCCCN1S(=O)(=O)c1ccc(C(=O)N2CCNC[C@@H]2C)cc1.Cl. The van der Waals surface area contributed by atoms with Gasteiger partial charge in [-0.1, -0.05) is 6.42 Å².